The largest absolute Gasteiger partial charge is 0.388 e. The predicted molar refractivity (Wildman–Crippen MR) is 83.7 cm³/mol. The third-order valence-corrected chi connectivity index (χ3v) is 3.11. The molecule has 0 aliphatic rings. The molecule has 6 nitrogen and oxygen atoms in total. The van der Waals surface area contributed by atoms with Crippen LogP contribution in [0.3, 0.4) is 0 Å². The summed E-state index contributed by atoms with van der Waals surface area (Å²) in [4.78, 5) is 22.6. The molecule has 0 fully saturated rings. The average molecular weight is 295 g/mol. The summed E-state index contributed by atoms with van der Waals surface area (Å²) < 4.78 is 0. The molecule has 1 rings (SSSR count). The molecule has 1 atom stereocenters. The van der Waals surface area contributed by atoms with Gasteiger partial charge >= 0.3 is 0 Å². The van der Waals surface area contributed by atoms with Crippen LogP contribution >= 0.6 is 12.2 Å². The Bertz CT molecular complexity index is 502. The van der Waals surface area contributed by atoms with Crippen LogP contribution in [0, 0.1) is 6.92 Å². The smallest absolute Gasteiger partial charge is 0.244 e. The second-order valence-electron chi connectivity index (χ2n) is 4.46. The van der Waals surface area contributed by atoms with Crippen LogP contribution in [-0.2, 0) is 4.79 Å². The van der Waals surface area contributed by atoms with Gasteiger partial charge in [0.15, 0.2) is 0 Å². The normalized spacial score (nSPS) is 11.8. The second kappa shape index (κ2) is 7.14. The molecular weight excluding hydrogens is 274 g/mol. The van der Waals surface area contributed by atoms with Crippen LogP contribution in [0.2, 0.25) is 0 Å². The Kier molecular flexibility index (Phi) is 5.82. The second-order valence-corrected chi connectivity index (χ2v) is 4.90. The van der Waals surface area contributed by atoms with E-state index in [-0.39, 0.29) is 10.9 Å². The number of carbonyl (C=O) groups excluding carboxylic acids is 1. The van der Waals surface area contributed by atoms with Gasteiger partial charge in [0.25, 0.3) is 0 Å². The Hall–Kier alpha value is -1.76. The third-order valence-electron chi connectivity index (χ3n) is 2.90. The van der Waals surface area contributed by atoms with E-state index in [0.717, 1.165) is 5.69 Å². The van der Waals surface area contributed by atoms with E-state index in [1.165, 1.54) is 0 Å². The number of aromatic nitrogens is 2. The van der Waals surface area contributed by atoms with Crippen molar-refractivity contribution < 1.29 is 4.79 Å². The van der Waals surface area contributed by atoms with Crippen LogP contribution in [0.5, 0.6) is 0 Å². The fourth-order valence-electron chi connectivity index (χ4n) is 1.82. The molecule has 1 amide bonds. The maximum atomic E-state index is 12.2. The molecule has 110 valence electrons. The number of likely N-dealkylation sites (N-methyl/N-ethyl adjacent to an activating group) is 1. The number of rotatable bonds is 6. The topological polar surface area (TPSA) is 84.1 Å². The number of thiocarbonyl (C=S) groups is 1. The molecule has 1 aromatic rings. The van der Waals surface area contributed by atoms with E-state index in [1.54, 1.807) is 17.9 Å². The molecular formula is C13H21N5OS. The zero-order chi connectivity index (χ0) is 15.3. The highest BCUT2D eigenvalue weighted by Crippen LogP contribution is 2.07. The quantitative estimate of drug-likeness (QED) is 0.764. The first-order chi connectivity index (χ1) is 9.38. The van der Waals surface area contributed by atoms with Gasteiger partial charge < -0.3 is 16.0 Å². The molecule has 1 heterocycles. The lowest BCUT2D eigenvalue weighted by molar-refractivity contribution is -0.131. The van der Waals surface area contributed by atoms with Crippen LogP contribution in [0.1, 0.15) is 32.2 Å². The summed E-state index contributed by atoms with van der Waals surface area (Å²) in [7, 11) is 0. The number of amides is 1. The van der Waals surface area contributed by atoms with Crippen LogP contribution in [-0.4, -0.2) is 44.9 Å². The van der Waals surface area contributed by atoms with Crippen LogP contribution in [0.25, 0.3) is 0 Å². The summed E-state index contributed by atoms with van der Waals surface area (Å²) >= 11 is 4.91. The minimum atomic E-state index is -0.407. The molecule has 0 aliphatic carbocycles. The number of aryl methyl sites for hydroxylation is 1. The van der Waals surface area contributed by atoms with Crippen molar-refractivity contribution in [2.45, 2.75) is 33.7 Å². The number of hydrogen-bond acceptors (Lipinski definition) is 5. The molecule has 0 saturated heterocycles. The molecule has 0 bridgehead atoms. The van der Waals surface area contributed by atoms with Crippen molar-refractivity contribution in [1.82, 2.24) is 14.9 Å². The molecule has 7 heteroatoms. The highest BCUT2D eigenvalue weighted by atomic mass is 32.1. The molecule has 0 aliphatic heterocycles. The third kappa shape index (κ3) is 4.12. The Morgan fingerprint density at radius 1 is 1.45 bits per heavy atom. The minimum absolute atomic E-state index is 0.0111. The van der Waals surface area contributed by atoms with Gasteiger partial charge in [0, 0.05) is 18.8 Å². The highest BCUT2D eigenvalue weighted by molar-refractivity contribution is 7.80. The molecule has 0 aromatic carbocycles. The summed E-state index contributed by atoms with van der Waals surface area (Å²) in [5, 5.41) is 3.00. The molecule has 3 N–H and O–H groups in total. The van der Waals surface area contributed by atoms with Crippen molar-refractivity contribution in [3.05, 3.63) is 17.5 Å². The highest BCUT2D eigenvalue weighted by Gasteiger charge is 2.19. The molecule has 1 unspecified atom stereocenters. The van der Waals surface area contributed by atoms with Gasteiger partial charge in [-0.05, 0) is 33.8 Å². The Morgan fingerprint density at radius 2 is 2.05 bits per heavy atom. The molecule has 0 spiro atoms. The fraction of sp³-hybridized carbons (Fsp3) is 0.538. The van der Waals surface area contributed by atoms with E-state index >= 15 is 0 Å². The zero-order valence-corrected chi connectivity index (χ0v) is 13.1. The van der Waals surface area contributed by atoms with Gasteiger partial charge in [-0.15, -0.1) is 0 Å². The number of carbonyl (C=O) groups is 1. The van der Waals surface area contributed by atoms with Gasteiger partial charge in [0.2, 0.25) is 11.9 Å². The fourth-order valence-corrected chi connectivity index (χ4v) is 1.93. The first-order valence-electron chi connectivity index (χ1n) is 6.59. The van der Waals surface area contributed by atoms with Gasteiger partial charge in [-0.25, -0.2) is 9.97 Å². The summed E-state index contributed by atoms with van der Waals surface area (Å²) in [6.45, 7) is 8.85. The number of anilines is 1. The lowest BCUT2D eigenvalue weighted by Crippen LogP contribution is -2.41. The lowest BCUT2D eigenvalue weighted by atomic mass is 10.3. The predicted octanol–water partition coefficient (Wildman–Crippen LogP) is 1.09. The minimum Gasteiger partial charge on any atom is -0.388 e. The molecule has 1 aromatic heterocycles. The zero-order valence-electron chi connectivity index (χ0n) is 12.3. The maximum Gasteiger partial charge on any atom is 0.244 e. The first-order valence-corrected chi connectivity index (χ1v) is 7.00. The van der Waals surface area contributed by atoms with E-state index in [1.807, 2.05) is 20.8 Å². The molecule has 20 heavy (non-hydrogen) atoms. The van der Waals surface area contributed by atoms with Gasteiger partial charge in [0.05, 0.1) is 0 Å². The van der Waals surface area contributed by atoms with Crippen LogP contribution in [0.4, 0.5) is 5.95 Å². The van der Waals surface area contributed by atoms with Crippen molar-refractivity contribution in [2.24, 2.45) is 5.73 Å². The van der Waals surface area contributed by atoms with E-state index in [0.29, 0.717) is 24.7 Å². The molecule has 0 saturated carbocycles. The summed E-state index contributed by atoms with van der Waals surface area (Å²) in [5.74, 6) is 0.373. The summed E-state index contributed by atoms with van der Waals surface area (Å²) in [6, 6.07) is 1.31. The van der Waals surface area contributed by atoms with E-state index in [9.17, 15) is 4.79 Å². The van der Waals surface area contributed by atoms with Crippen molar-refractivity contribution in [1.29, 1.82) is 0 Å². The Morgan fingerprint density at radius 3 is 2.55 bits per heavy atom. The first kappa shape index (κ1) is 16.3. The Balaban J connectivity index is 2.87. The summed E-state index contributed by atoms with van der Waals surface area (Å²) in [6.07, 6.45) is 0. The molecule has 0 radical (unpaired) electrons. The average Bonchev–Trinajstić information content (AvgIpc) is 2.39. The van der Waals surface area contributed by atoms with Crippen LogP contribution < -0.4 is 11.1 Å². The van der Waals surface area contributed by atoms with Gasteiger partial charge in [-0.3, -0.25) is 4.79 Å². The monoisotopic (exact) mass is 295 g/mol. The SMILES string of the molecule is CCN(CC)C(=O)C(C)Nc1nc(C)cc(C(N)=S)n1. The van der Waals surface area contributed by atoms with E-state index < -0.39 is 6.04 Å². The van der Waals surface area contributed by atoms with Crippen molar-refractivity contribution in [3.8, 4) is 0 Å². The van der Waals surface area contributed by atoms with Gasteiger partial charge in [-0.1, -0.05) is 12.2 Å². The number of hydrogen-bond donors (Lipinski definition) is 2. The lowest BCUT2D eigenvalue weighted by Gasteiger charge is -2.23. The number of nitrogens with one attached hydrogen (secondary N) is 1. The number of nitrogens with two attached hydrogens (primary N) is 1. The van der Waals surface area contributed by atoms with Gasteiger partial charge in [0.1, 0.15) is 16.7 Å². The standard InChI is InChI=1S/C13H21N5OS/c1-5-18(6-2)12(19)9(4)16-13-15-8(3)7-10(17-13)11(14)20/h7,9H,5-6H2,1-4H3,(H2,14,20)(H,15,16,17). The van der Waals surface area contributed by atoms with Gasteiger partial charge in [-0.2, -0.15) is 0 Å². The Labute approximate surface area is 124 Å². The van der Waals surface area contributed by atoms with Crippen molar-refractivity contribution in [3.63, 3.8) is 0 Å². The van der Waals surface area contributed by atoms with Crippen molar-refractivity contribution in [2.75, 3.05) is 18.4 Å². The number of nitrogens with zero attached hydrogens (tertiary/aromatic N) is 3. The van der Waals surface area contributed by atoms with Crippen LogP contribution in [0.15, 0.2) is 6.07 Å². The summed E-state index contributed by atoms with van der Waals surface area (Å²) in [5.41, 5.74) is 6.81. The maximum absolute atomic E-state index is 12.2. The van der Waals surface area contributed by atoms with E-state index in [4.69, 9.17) is 18.0 Å². The van der Waals surface area contributed by atoms with E-state index in [2.05, 4.69) is 15.3 Å². The van der Waals surface area contributed by atoms with Crippen molar-refractivity contribution >= 4 is 29.1 Å².